The van der Waals surface area contributed by atoms with Crippen molar-refractivity contribution >= 4 is 0 Å². The van der Waals surface area contributed by atoms with Crippen LogP contribution in [0.25, 0.3) is 0 Å². The third-order valence-electron chi connectivity index (χ3n) is 1.28. The Bertz CT molecular complexity index is 172. The van der Waals surface area contributed by atoms with Crippen LogP contribution in [-0.4, -0.2) is 11.5 Å². The lowest BCUT2D eigenvalue weighted by Gasteiger charge is -1.96. The van der Waals surface area contributed by atoms with Gasteiger partial charge in [-0.2, -0.15) is 0 Å². The summed E-state index contributed by atoms with van der Waals surface area (Å²) in [6.45, 7) is 0.886. The lowest BCUT2D eigenvalue weighted by atomic mass is 10.3. The third kappa shape index (κ3) is 2.15. The summed E-state index contributed by atoms with van der Waals surface area (Å²) in [7, 11) is 3.52. The van der Waals surface area contributed by atoms with Crippen molar-refractivity contribution in [2.24, 2.45) is 0 Å². The standard InChI is InChI=1S/C8H11N2/c1-9-7-5-8-4-2-3-6-10-8/h2-4,6,9H,1,5,7H2. The summed E-state index contributed by atoms with van der Waals surface area (Å²) < 4.78 is 0. The fraction of sp³-hybridized carbons (Fsp3) is 0.250. The molecule has 1 aromatic heterocycles. The molecule has 0 amide bonds. The predicted molar refractivity (Wildman–Crippen MR) is 41.3 cm³/mol. The van der Waals surface area contributed by atoms with E-state index in [1.807, 2.05) is 18.2 Å². The van der Waals surface area contributed by atoms with Crippen molar-refractivity contribution in [3.63, 3.8) is 0 Å². The molecule has 1 rings (SSSR count). The highest BCUT2D eigenvalue weighted by Gasteiger charge is 1.88. The largest absolute Gasteiger partial charge is 0.315 e. The zero-order chi connectivity index (χ0) is 7.23. The van der Waals surface area contributed by atoms with Crippen molar-refractivity contribution in [2.75, 3.05) is 6.54 Å². The van der Waals surface area contributed by atoms with E-state index in [0.29, 0.717) is 0 Å². The minimum absolute atomic E-state index is 0.886. The smallest absolute Gasteiger partial charge is 0.0416 e. The van der Waals surface area contributed by atoms with Crippen molar-refractivity contribution < 1.29 is 0 Å². The maximum Gasteiger partial charge on any atom is 0.0416 e. The molecule has 1 aromatic rings. The van der Waals surface area contributed by atoms with Crippen LogP contribution in [0.15, 0.2) is 24.4 Å². The number of aromatic nitrogens is 1. The van der Waals surface area contributed by atoms with Crippen LogP contribution in [0.1, 0.15) is 5.69 Å². The van der Waals surface area contributed by atoms with Gasteiger partial charge in [0.15, 0.2) is 0 Å². The minimum atomic E-state index is 0.886. The molecule has 0 bridgehead atoms. The van der Waals surface area contributed by atoms with E-state index >= 15 is 0 Å². The second-order valence-electron chi connectivity index (χ2n) is 2.07. The van der Waals surface area contributed by atoms with Crippen molar-refractivity contribution in [1.29, 1.82) is 0 Å². The van der Waals surface area contributed by atoms with Crippen LogP contribution in [-0.2, 0) is 6.42 Å². The Labute approximate surface area is 61.3 Å². The first-order chi connectivity index (χ1) is 4.93. The van der Waals surface area contributed by atoms with Gasteiger partial charge >= 0.3 is 0 Å². The summed E-state index contributed by atoms with van der Waals surface area (Å²) in [6.07, 6.45) is 2.75. The molecule has 0 unspecified atom stereocenters. The Kier molecular flexibility index (Phi) is 2.90. The van der Waals surface area contributed by atoms with Crippen LogP contribution >= 0.6 is 0 Å². The van der Waals surface area contributed by atoms with E-state index in [1.54, 1.807) is 6.20 Å². The molecule has 2 nitrogen and oxygen atoms in total. The number of hydrogen-bond acceptors (Lipinski definition) is 2. The van der Waals surface area contributed by atoms with Crippen LogP contribution in [0, 0.1) is 7.05 Å². The summed E-state index contributed by atoms with van der Waals surface area (Å²) in [4.78, 5) is 4.15. The lowest BCUT2D eigenvalue weighted by molar-refractivity contribution is 0.810. The molecule has 0 aliphatic carbocycles. The maximum absolute atomic E-state index is 4.15. The van der Waals surface area contributed by atoms with Gasteiger partial charge in [0.05, 0.1) is 0 Å². The van der Waals surface area contributed by atoms with Gasteiger partial charge in [0.1, 0.15) is 0 Å². The summed E-state index contributed by atoms with van der Waals surface area (Å²) in [5.74, 6) is 0. The van der Waals surface area contributed by atoms with Gasteiger partial charge in [-0.25, -0.2) is 0 Å². The second kappa shape index (κ2) is 4.01. The minimum Gasteiger partial charge on any atom is -0.315 e. The topological polar surface area (TPSA) is 24.9 Å². The van der Waals surface area contributed by atoms with Crippen LogP contribution < -0.4 is 5.32 Å². The van der Waals surface area contributed by atoms with Gasteiger partial charge in [0, 0.05) is 31.9 Å². The van der Waals surface area contributed by atoms with Gasteiger partial charge in [-0.05, 0) is 12.1 Å². The van der Waals surface area contributed by atoms with Gasteiger partial charge in [-0.3, -0.25) is 4.98 Å². The molecule has 1 N–H and O–H groups in total. The van der Waals surface area contributed by atoms with Gasteiger partial charge in [-0.1, -0.05) is 6.07 Å². The summed E-state index contributed by atoms with van der Waals surface area (Å²) >= 11 is 0. The Morgan fingerprint density at radius 1 is 1.50 bits per heavy atom. The first-order valence-corrected chi connectivity index (χ1v) is 3.33. The molecule has 0 fully saturated rings. The molecular formula is C8H11N2. The second-order valence-corrected chi connectivity index (χ2v) is 2.07. The first-order valence-electron chi connectivity index (χ1n) is 3.33. The monoisotopic (exact) mass is 135 g/mol. The molecule has 2 heteroatoms. The molecule has 53 valence electrons. The van der Waals surface area contributed by atoms with E-state index in [2.05, 4.69) is 17.3 Å². The zero-order valence-corrected chi connectivity index (χ0v) is 5.88. The highest BCUT2D eigenvalue weighted by atomic mass is 14.8. The number of nitrogens with one attached hydrogen (secondary N) is 1. The van der Waals surface area contributed by atoms with Gasteiger partial charge in [0.25, 0.3) is 0 Å². The van der Waals surface area contributed by atoms with Crippen molar-refractivity contribution in [2.45, 2.75) is 6.42 Å². The maximum atomic E-state index is 4.15. The molecule has 0 saturated carbocycles. The molecule has 1 radical (unpaired) electrons. The molecular weight excluding hydrogens is 124 g/mol. The predicted octanol–water partition coefficient (Wildman–Crippen LogP) is 1.01. The fourth-order valence-corrected chi connectivity index (χ4v) is 0.762. The Morgan fingerprint density at radius 3 is 3.00 bits per heavy atom. The van der Waals surface area contributed by atoms with E-state index < -0.39 is 0 Å². The van der Waals surface area contributed by atoms with Crippen molar-refractivity contribution in [3.8, 4) is 0 Å². The summed E-state index contributed by atoms with van der Waals surface area (Å²) in [5, 5.41) is 2.83. The highest BCUT2D eigenvalue weighted by molar-refractivity contribution is 5.03. The molecule has 0 aliphatic rings. The van der Waals surface area contributed by atoms with Crippen LogP contribution in [0.2, 0.25) is 0 Å². The lowest BCUT2D eigenvalue weighted by Crippen LogP contribution is -2.08. The molecule has 0 atom stereocenters. The SMILES string of the molecule is [CH2]NCCc1ccccn1. The zero-order valence-electron chi connectivity index (χ0n) is 5.88. The molecule has 0 aromatic carbocycles. The molecule has 1 heterocycles. The molecule has 10 heavy (non-hydrogen) atoms. The Balaban J connectivity index is 2.43. The van der Waals surface area contributed by atoms with E-state index in [1.165, 1.54) is 0 Å². The average molecular weight is 135 g/mol. The average Bonchev–Trinajstić information content (AvgIpc) is 2.03. The number of nitrogens with zero attached hydrogens (tertiary/aromatic N) is 1. The first kappa shape index (κ1) is 7.22. The van der Waals surface area contributed by atoms with E-state index in [9.17, 15) is 0 Å². The molecule has 0 aliphatic heterocycles. The van der Waals surface area contributed by atoms with Gasteiger partial charge < -0.3 is 5.32 Å². The van der Waals surface area contributed by atoms with Crippen LogP contribution in [0.3, 0.4) is 0 Å². The van der Waals surface area contributed by atoms with Gasteiger partial charge in [0.2, 0.25) is 0 Å². The normalized spacial score (nSPS) is 9.70. The number of rotatable bonds is 3. The number of hydrogen-bond donors (Lipinski definition) is 1. The summed E-state index contributed by atoms with van der Waals surface area (Å²) in [6, 6.07) is 5.92. The van der Waals surface area contributed by atoms with Crippen LogP contribution in [0.5, 0.6) is 0 Å². The molecule has 0 spiro atoms. The van der Waals surface area contributed by atoms with Crippen LogP contribution in [0.4, 0.5) is 0 Å². The quantitative estimate of drug-likeness (QED) is 0.669. The van der Waals surface area contributed by atoms with Gasteiger partial charge in [-0.15, -0.1) is 0 Å². The van der Waals surface area contributed by atoms with E-state index in [-0.39, 0.29) is 0 Å². The number of pyridine rings is 1. The Hall–Kier alpha value is -0.890. The molecule has 0 saturated heterocycles. The van der Waals surface area contributed by atoms with Crippen molar-refractivity contribution in [1.82, 2.24) is 10.3 Å². The highest BCUT2D eigenvalue weighted by Crippen LogP contribution is 1.92. The summed E-state index contributed by atoms with van der Waals surface area (Å²) in [5.41, 5.74) is 1.11. The van der Waals surface area contributed by atoms with E-state index in [4.69, 9.17) is 0 Å². The van der Waals surface area contributed by atoms with E-state index in [0.717, 1.165) is 18.7 Å². The Morgan fingerprint density at radius 2 is 2.40 bits per heavy atom. The van der Waals surface area contributed by atoms with Crippen molar-refractivity contribution in [3.05, 3.63) is 37.1 Å². The third-order valence-corrected chi connectivity index (χ3v) is 1.28. The fourth-order valence-electron chi connectivity index (χ4n) is 0.762.